The fourth-order valence-electron chi connectivity index (χ4n) is 6.42. The number of rotatable bonds is 19. The summed E-state index contributed by atoms with van der Waals surface area (Å²) in [5.41, 5.74) is 3.49. The molecule has 0 radical (unpaired) electrons. The minimum atomic E-state index is -2.10. The first-order valence-corrected chi connectivity index (χ1v) is 36.3. The molecule has 6 aromatic carbocycles. The van der Waals surface area contributed by atoms with Crippen molar-refractivity contribution in [2.24, 2.45) is 0 Å². The Kier molecular flexibility index (Phi) is 26.0. The molecule has 0 saturated carbocycles. The number of carbonyl (C=O) groups excluding carboxylic acids is 5. The summed E-state index contributed by atoms with van der Waals surface area (Å²) in [6.45, 7) is 36.3. The van der Waals surface area contributed by atoms with Crippen molar-refractivity contribution in [1.82, 2.24) is 0 Å². The normalized spacial score (nSPS) is 11.8. The van der Waals surface area contributed by atoms with Crippen LogP contribution in [0.15, 0.2) is 139 Å². The van der Waals surface area contributed by atoms with Crippen LogP contribution >= 0.6 is 0 Å². The molecule has 0 aromatic heterocycles. The van der Waals surface area contributed by atoms with Crippen molar-refractivity contribution in [3.05, 3.63) is 173 Å². The highest BCUT2D eigenvalue weighted by atomic mass is 28.4. The lowest BCUT2D eigenvalue weighted by Crippen LogP contribution is -2.43. The van der Waals surface area contributed by atoms with Crippen molar-refractivity contribution >= 4 is 61.8 Å². The summed E-state index contributed by atoms with van der Waals surface area (Å²) in [5.74, 6) is 1.44. The molecule has 0 heterocycles. The van der Waals surface area contributed by atoms with E-state index in [1.54, 1.807) is 37.3 Å². The molecule has 0 amide bonds. The maximum Gasteiger partial charge on any atom is 0.374 e. The van der Waals surface area contributed by atoms with Crippen LogP contribution in [0.25, 0.3) is 6.08 Å². The van der Waals surface area contributed by atoms with Gasteiger partial charge in [-0.2, -0.15) is 0 Å². The molecule has 18 heteroatoms. The fourth-order valence-corrected chi connectivity index (χ4v) is 9.48. The number of benzene rings is 6. The van der Waals surface area contributed by atoms with E-state index in [-0.39, 0.29) is 55.9 Å². The van der Waals surface area contributed by atoms with E-state index in [4.69, 9.17) is 42.4 Å². The molecule has 0 aliphatic carbocycles. The molecule has 0 saturated heterocycles. The summed E-state index contributed by atoms with van der Waals surface area (Å²) >= 11 is 0. The Morgan fingerprint density at radius 2 is 0.833 bits per heavy atom. The summed E-state index contributed by atoms with van der Waals surface area (Å²) in [5, 5.41) is 27.3. The number of phenols is 3. The number of phenolic OH excluding ortho intramolecular Hbond substituents is 3. The van der Waals surface area contributed by atoms with Crippen LogP contribution in [-0.4, -0.2) is 77.7 Å². The van der Waals surface area contributed by atoms with Crippen LogP contribution in [0.4, 0.5) is 0 Å². The lowest BCUT2D eigenvalue weighted by molar-refractivity contribution is -0.149. The van der Waals surface area contributed by atoms with Crippen molar-refractivity contribution < 1.29 is 71.5 Å². The van der Waals surface area contributed by atoms with Crippen LogP contribution in [0.1, 0.15) is 124 Å². The number of aromatic hydroxyl groups is 3. The van der Waals surface area contributed by atoms with Gasteiger partial charge in [0, 0.05) is 12.5 Å². The maximum atomic E-state index is 12.4. The Hall–Kier alpha value is -7.94. The van der Waals surface area contributed by atoms with E-state index >= 15 is 0 Å². The van der Waals surface area contributed by atoms with Crippen LogP contribution in [0.3, 0.4) is 0 Å². The van der Waals surface area contributed by atoms with Gasteiger partial charge >= 0.3 is 11.9 Å². The minimum absolute atomic E-state index is 0.0115. The van der Waals surface area contributed by atoms with Crippen molar-refractivity contribution in [1.29, 1.82) is 0 Å². The van der Waals surface area contributed by atoms with Crippen molar-refractivity contribution in [2.45, 2.75) is 144 Å². The quantitative estimate of drug-likeness (QED) is 0.0172. The van der Waals surface area contributed by atoms with Gasteiger partial charge in [0.1, 0.15) is 59.2 Å². The van der Waals surface area contributed by atoms with Gasteiger partial charge in [0.05, 0.1) is 23.3 Å². The van der Waals surface area contributed by atoms with Gasteiger partial charge in [-0.1, -0.05) is 123 Å². The second kappa shape index (κ2) is 31.1. The molecular weight excluding hydrogens is 1120 g/mol. The highest BCUT2D eigenvalue weighted by Crippen LogP contribution is 2.41. The summed E-state index contributed by atoms with van der Waals surface area (Å²) in [7, 11) is -5.92. The third kappa shape index (κ3) is 22.3. The van der Waals surface area contributed by atoms with Gasteiger partial charge in [0.15, 0.2) is 18.9 Å². The van der Waals surface area contributed by atoms with Crippen LogP contribution < -0.4 is 22.8 Å². The minimum Gasteiger partial charge on any atom is -0.543 e. The smallest absolute Gasteiger partial charge is 0.374 e. The van der Waals surface area contributed by atoms with Gasteiger partial charge in [0.25, 0.3) is 0 Å². The second-order valence-corrected chi connectivity index (χ2v) is 38.3. The van der Waals surface area contributed by atoms with Crippen LogP contribution in [0.5, 0.6) is 46.0 Å². The Labute approximate surface area is 499 Å². The second-order valence-electron chi connectivity index (χ2n) is 24.2. The highest BCUT2D eigenvalue weighted by molar-refractivity contribution is 6.75. The molecule has 3 N–H and O–H groups in total. The number of esters is 2. The number of carbonyl (C=O) groups is 5. The predicted molar refractivity (Wildman–Crippen MR) is 338 cm³/mol. The standard InChI is InChI=1S/C26H34O6Si.C20H26O3Si.C13H20O3Si.C7H6O3/c1-8-29-25(28)24(31-19(2)27)17-21-16-22(32-33(6,7)26(3,4)5)14-15-23(21)30-18-20-12-10-9-11-13-20;1-20(2,3)24(4,5)23-18-11-12-19(17(13-18)14-21)22-15-16-9-7-6-8-10-16;1-13(2,3)17(4,5)16-11-6-7-12(15)10(8-11)9-14;8-4-5-3-6(9)1-2-7(5)10/h9-17H,8,18H2,1-7H3;6-14H,15H2,1-5H3;6-9,15H,1-5H3;1-4,9-10H. The van der Waals surface area contributed by atoms with Crippen LogP contribution in [-0.2, 0) is 32.3 Å². The largest absolute Gasteiger partial charge is 0.543 e. The first kappa shape index (κ1) is 70.3. The Morgan fingerprint density at radius 1 is 0.476 bits per heavy atom. The topological polar surface area (TPSA) is 211 Å². The average molecular weight is 1200 g/mol. The van der Waals surface area contributed by atoms with E-state index in [0.717, 1.165) is 23.2 Å². The van der Waals surface area contributed by atoms with E-state index in [1.165, 1.54) is 37.3 Å². The van der Waals surface area contributed by atoms with Gasteiger partial charge in [-0.3, -0.25) is 19.2 Å². The van der Waals surface area contributed by atoms with E-state index < -0.39 is 36.9 Å². The first-order chi connectivity index (χ1) is 39.1. The fraction of sp³-hybridized carbons (Fsp3) is 0.348. The zero-order chi connectivity index (χ0) is 63.3. The molecule has 0 aliphatic rings. The van der Waals surface area contributed by atoms with E-state index in [1.807, 2.05) is 78.9 Å². The third-order valence-electron chi connectivity index (χ3n) is 14.4. The summed E-state index contributed by atoms with van der Waals surface area (Å²) in [6.07, 6.45) is 3.39. The zero-order valence-electron chi connectivity index (χ0n) is 51.9. The molecule has 0 aliphatic heterocycles. The molecule has 6 aromatic rings. The lowest BCUT2D eigenvalue weighted by atomic mass is 10.1. The Bertz CT molecular complexity index is 3150. The summed E-state index contributed by atoms with van der Waals surface area (Å²) in [4.78, 5) is 56.3. The summed E-state index contributed by atoms with van der Waals surface area (Å²) < 4.78 is 40.7. The molecule has 84 heavy (non-hydrogen) atoms. The van der Waals surface area contributed by atoms with Gasteiger partial charge in [-0.05, 0) is 151 Å². The maximum absolute atomic E-state index is 12.4. The van der Waals surface area contributed by atoms with Crippen molar-refractivity contribution in [3.63, 3.8) is 0 Å². The molecule has 15 nitrogen and oxygen atoms in total. The molecule has 0 spiro atoms. The number of hydrogen-bond donors (Lipinski definition) is 3. The van der Waals surface area contributed by atoms with E-state index in [2.05, 4.69) is 102 Å². The van der Waals surface area contributed by atoms with Gasteiger partial charge in [-0.25, -0.2) is 4.79 Å². The molecule has 0 atom stereocenters. The van der Waals surface area contributed by atoms with Crippen LogP contribution in [0, 0.1) is 0 Å². The van der Waals surface area contributed by atoms with Crippen molar-refractivity contribution in [2.75, 3.05) is 6.61 Å². The monoisotopic (exact) mass is 1200 g/mol. The molecule has 452 valence electrons. The predicted octanol–water partition coefficient (Wildman–Crippen LogP) is 16.1. The van der Waals surface area contributed by atoms with Gasteiger partial charge < -0.3 is 47.5 Å². The zero-order valence-corrected chi connectivity index (χ0v) is 54.9. The SMILES string of the molecule is CC(C)(C)[Si](C)(C)Oc1ccc(O)c(C=O)c1.CC(C)(C)[Si](C)(C)Oc1ccc(OCc2ccccc2)c(C=O)c1.CCOC(=O)C(=Cc1cc(O[Si](C)(C)C(C)(C)C)ccc1OCc1ccccc1)OC(C)=O.O=Cc1cc(O)ccc1O. The Balaban J connectivity index is 0.000000317. The lowest BCUT2D eigenvalue weighted by Gasteiger charge is -2.36. The van der Waals surface area contributed by atoms with Gasteiger partial charge in [0.2, 0.25) is 30.7 Å². The number of ether oxygens (including phenoxy) is 4. The first-order valence-electron chi connectivity index (χ1n) is 27.5. The van der Waals surface area contributed by atoms with Crippen LogP contribution in [0.2, 0.25) is 54.4 Å². The number of hydrogen-bond acceptors (Lipinski definition) is 15. The van der Waals surface area contributed by atoms with Crippen molar-refractivity contribution in [3.8, 4) is 46.0 Å². The number of aldehydes is 3. The summed E-state index contributed by atoms with van der Waals surface area (Å²) in [6, 6.07) is 39.1. The third-order valence-corrected chi connectivity index (χ3v) is 27.5. The Morgan fingerprint density at radius 3 is 1.20 bits per heavy atom. The average Bonchev–Trinajstić information content (AvgIpc) is 2.64. The van der Waals surface area contributed by atoms with E-state index in [9.17, 15) is 29.1 Å². The van der Waals surface area contributed by atoms with Gasteiger partial charge in [-0.15, -0.1) is 0 Å². The van der Waals surface area contributed by atoms with E-state index in [0.29, 0.717) is 59.9 Å². The molecule has 0 bridgehead atoms. The molecule has 0 unspecified atom stereocenters. The molecular formula is C66H86O15Si3. The highest BCUT2D eigenvalue weighted by Gasteiger charge is 2.41. The molecule has 0 fully saturated rings. The molecule has 6 rings (SSSR count).